The quantitative estimate of drug-likeness (QED) is 0.105. The van der Waals surface area contributed by atoms with Gasteiger partial charge in [0.05, 0.1) is 0 Å². The summed E-state index contributed by atoms with van der Waals surface area (Å²) in [6.07, 6.45) is 0. The molecule has 0 aromatic heterocycles. The number of rotatable bonds is 14. The first-order valence-electron chi connectivity index (χ1n) is 18.0. The Morgan fingerprint density at radius 1 is 0.211 bits per heavy atom. The molecule has 0 aliphatic carbocycles. The molecule has 0 bridgehead atoms. The van der Waals surface area contributed by atoms with Crippen molar-refractivity contribution < 1.29 is 33.2 Å². The first-order chi connectivity index (χ1) is 28.0. The average molecular weight is 753 g/mol. The maximum atomic E-state index is 6.41. The van der Waals surface area contributed by atoms with Gasteiger partial charge in [-0.25, -0.2) is 0 Å². The standard InChI is InChI=1S/C48H36N2O7/c49-33-9-5-11-39(29-33)51-35-21-25-37(26-22-35)53-41-13-7-15-43(31-41)55-45-17-1-3-19-47(45)57-48-20-4-2-18-46(48)56-44-16-8-14-42(32-44)54-38-27-23-36(24-28-38)52-40-12-6-10-34(50)30-40/h1-32H,49-50H2. The maximum Gasteiger partial charge on any atom is 0.170 e. The van der Waals surface area contributed by atoms with Crippen molar-refractivity contribution in [3.05, 3.63) is 194 Å². The third kappa shape index (κ3) is 9.74. The fourth-order valence-electron chi connectivity index (χ4n) is 5.66. The molecular formula is C48H36N2O7. The smallest absolute Gasteiger partial charge is 0.170 e. The summed E-state index contributed by atoms with van der Waals surface area (Å²) in [7, 11) is 0. The van der Waals surface area contributed by atoms with Crippen LogP contribution < -0.4 is 44.6 Å². The zero-order chi connectivity index (χ0) is 38.8. The van der Waals surface area contributed by atoms with Crippen molar-refractivity contribution in [2.24, 2.45) is 0 Å². The SMILES string of the molecule is Nc1cccc(Oc2ccc(Oc3cccc(Oc4ccccc4Oc4ccccc4Oc4cccc(Oc5ccc(Oc6cccc(N)c6)cc5)c4)c3)cc2)c1. The summed E-state index contributed by atoms with van der Waals surface area (Å²) >= 11 is 0. The Morgan fingerprint density at radius 2 is 0.474 bits per heavy atom. The van der Waals surface area contributed by atoms with Crippen molar-refractivity contribution in [1.29, 1.82) is 0 Å². The Balaban J connectivity index is 0.908. The summed E-state index contributed by atoms with van der Waals surface area (Å²) < 4.78 is 43.1. The lowest BCUT2D eigenvalue weighted by Crippen LogP contribution is -1.94. The fourth-order valence-corrected chi connectivity index (χ4v) is 5.66. The van der Waals surface area contributed by atoms with E-state index in [0.717, 1.165) is 0 Å². The lowest BCUT2D eigenvalue weighted by Gasteiger charge is -2.16. The second-order valence-electron chi connectivity index (χ2n) is 12.6. The topological polar surface area (TPSA) is 117 Å². The van der Waals surface area contributed by atoms with E-state index in [-0.39, 0.29) is 0 Å². The molecule has 57 heavy (non-hydrogen) atoms. The number of hydrogen-bond donors (Lipinski definition) is 2. The predicted molar refractivity (Wildman–Crippen MR) is 221 cm³/mol. The van der Waals surface area contributed by atoms with E-state index in [0.29, 0.717) is 91.9 Å². The van der Waals surface area contributed by atoms with E-state index < -0.39 is 0 Å². The number of nitrogen functional groups attached to an aromatic ring is 2. The summed E-state index contributed by atoms with van der Waals surface area (Å²) in [6.45, 7) is 0. The summed E-state index contributed by atoms with van der Waals surface area (Å²) in [6, 6.07) is 58.8. The highest BCUT2D eigenvalue weighted by molar-refractivity contribution is 5.52. The number of anilines is 2. The van der Waals surface area contributed by atoms with Gasteiger partial charge in [0, 0.05) is 35.6 Å². The third-order valence-electron chi connectivity index (χ3n) is 8.29. The number of para-hydroxylation sites is 4. The highest BCUT2D eigenvalue weighted by Crippen LogP contribution is 2.41. The van der Waals surface area contributed by atoms with Crippen molar-refractivity contribution in [3.63, 3.8) is 0 Å². The van der Waals surface area contributed by atoms with Gasteiger partial charge in [0.2, 0.25) is 0 Å². The van der Waals surface area contributed by atoms with E-state index >= 15 is 0 Å². The van der Waals surface area contributed by atoms with E-state index in [9.17, 15) is 0 Å². The van der Waals surface area contributed by atoms with E-state index in [1.807, 2.05) is 182 Å². The van der Waals surface area contributed by atoms with Crippen LogP contribution in [0.2, 0.25) is 0 Å². The second kappa shape index (κ2) is 17.0. The molecule has 8 aromatic carbocycles. The number of hydrogen-bond acceptors (Lipinski definition) is 9. The van der Waals surface area contributed by atoms with Crippen LogP contribution in [0.25, 0.3) is 0 Å². The first-order valence-corrected chi connectivity index (χ1v) is 18.0. The molecule has 0 saturated carbocycles. The largest absolute Gasteiger partial charge is 0.457 e. The van der Waals surface area contributed by atoms with Gasteiger partial charge in [-0.2, -0.15) is 0 Å². The van der Waals surface area contributed by atoms with Gasteiger partial charge in [0.25, 0.3) is 0 Å². The minimum Gasteiger partial charge on any atom is -0.457 e. The van der Waals surface area contributed by atoms with Crippen molar-refractivity contribution >= 4 is 11.4 Å². The van der Waals surface area contributed by atoms with E-state index in [2.05, 4.69) is 0 Å². The van der Waals surface area contributed by atoms with Crippen LogP contribution in [0.15, 0.2) is 194 Å². The molecule has 280 valence electrons. The minimum absolute atomic E-state index is 0.496. The molecule has 0 amide bonds. The van der Waals surface area contributed by atoms with E-state index in [4.69, 9.17) is 44.6 Å². The van der Waals surface area contributed by atoms with Crippen molar-refractivity contribution in [2.45, 2.75) is 0 Å². The van der Waals surface area contributed by atoms with Crippen LogP contribution in [0.1, 0.15) is 0 Å². The Morgan fingerprint density at radius 3 is 0.789 bits per heavy atom. The normalized spacial score (nSPS) is 10.6. The number of benzene rings is 8. The predicted octanol–water partition coefficient (Wildman–Crippen LogP) is 13.4. The maximum absolute atomic E-state index is 6.41. The molecule has 0 aliphatic heterocycles. The van der Waals surface area contributed by atoms with Crippen LogP contribution in [0.5, 0.6) is 80.5 Å². The van der Waals surface area contributed by atoms with Gasteiger partial charge in [0.15, 0.2) is 23.0 Å². The summed E-state index contributed by atoms with van der Waals surface area (Å²) in [5.41, 5.74) is 13.0. The molecular weight excluding hydrogens is 717 g/mol. The third-order valence-corrected chi connectivity index (χ3v) is 8.29. The second-order valence-corrected chi connectivity index (χ2v) is 12.6. The molecule has 8 rings (SSSR count). The molecule has 0 saturated heterocycles. The Hall–Kier alpha value is -8.04. The highest BCUT2D eigenvalue weighted by Gasteiger charge is 2.13. The summed E-state index contributed by atoms with van der Waals surface area (Å²) in [4.78, 5) is 0. The van der Waals surface area contributed by atoms with Crippen LogP contribution in [-0.2, 0) is 0 Å². The Kier molecular flexibility index (Phi) is 10.7. The number of ether oxygens (including phenoxy) is 7. The van der Waals surface area contributed by atoms with Gasteiger partial charge in [0.1, 0.15) is 57.5 Å². The molecule has 0 spiro atoms. The molecule has 0 atom stereocenters. The average Bonchev–Trinajstić information content (AvgIpc) is 3.21. The van der Waals surface area contributed by atoms with Crippen molar-refractivity contribution in [1.82, 2.24) is 0 Å². The van der Waals surface area contributed by atoms with Gasteiger partial charge in [-0.3, -0.25) is 0 Å². The van der Waals surface area contributed by atoms with Crippen LogP contribution in [0.3, 0.4) is 0 Å². The molecule has 4 N–H and O–H groups in total. The molecule has 0 unspecified atom stereocenters. The lowest BCUT2D eigenvalue weighted by atomic mass is 10.2. The van der Waals surface area contributed by atoms with Gasteiger partial charge in [-0.1, -0.05) is 48.5 Å². The molecule has 0 heterocycles. The summed E-state index contributed by atoms with van der Waals surface area (Å²) in [5, 5.41) is 0. The van der Waals surface area contributed by atoms with Crippen LogP contribution in [0, 0.1) is 0 Å². The van der Waals surface area contributed by atoms with Crippen LogP contribution in [0.4, 0.5) is 11.4 Å². The van der Waals surface area contributed by atoms with Gasteiger partial charge in [-0.15, -0.1) is 0 Å². The molecule has 0 radical (unpaired) electrons. The van der Waals surface area contributed by atoms with Crippen LogP contribution in [-0.4, -0.2) is 0 Å². The fraction of sp³-hybridized carbons (Fsp3) is 0. The van der Waals surface area contributed by atoms with Crippen molar-refractivity contribution in [3.8, 4) is 80.5 Å². The monoisotopic (exact) mass is 752 g/mol. The molecule has 9 heteroatoms. The van der Waals surface area contributed by atoms with E-state index in [1.54, 1.807) is 12.1 Å². The Bertz CT molecular complexity index is 2410. The molecule has 8 aromatic rings. The zero-order valence-electron chi connectivity index (χ0n) is 30.5. The van der Waals surface area contributed by atoms with E-state index in [1.165, 1.54) is 0 Å². The summed E-state index contributed by atoms with van der Waals surface area (Å²) in [5.74, 6) is 8.25. The number of nitrogens with two attached hydrogens (primary N) is 2. The minimum atomic E-state index is 0.496. The van der Waals surface area contributed by atoms with Crippen LogP contribution >= 0.6 is 0 Å². The van der Waals surface area contributed by atoms with Gasteiger partial charge < -0.3 is 44.6 Å². The molecule has 0 fully saturated rings. The highest BCUT2D eigenvalue weighted by atomic mass is 16.5. The van der Waals surface area contributed by atoms with Gasteiger partial charge >= 0.3 is 0 Å². The van der Waals surface area contributed by atoms with Crippen molar-refractivity contribution in [2.75, 3.05) is 11.5 Å². The lowest BCUT2D eigenvalue weighted by molar-refractivity contribution is 0.392. The zero-order valence-corrected chi connectivity index (χ0v) is 30.5. The Labute approximate surface area is 329 Å². The molecule has 0 aliphatic rings. The first kappa shape index (κ1) is 36.0. The van der Waals surface area contributed by atoms with Gasteiger partial charge in [-0.05, 0) is 121 Å². The molecule has 9 nitrogen and oxygen atoms in total.